The summed E-state index contributed by atoms with van der Waals surface area (Å²) in [5, 5.41) is 14.2. The molecule has 0 aromatic heterocycles. The Morgan fingerprint density at radius 3 is 2.61 bits per heavy atom. The molecule has 130 valence electrons. The van der Waals surface area contributed by atoms with Gasteiger partial charge in [-0.15, -0.1) is 0 Å². The third kappa shape index (κ3) is 5.48. The highest BCUT2D eigenvalue weighted by molar-refractivity contribution is 5.27. The maximum atomic E-state index is 10.8. The molecule has 0 spiro atoms. The number of rotatable bonds is 7. The molecule has 1 aliphatic heterocycles. The van der Waals surface area contributed by atoms with Crippen LogP contribution in [-0.2, 0) is 11.3 Å². The second-order valence-electron chi connectivity index (χ2n) is 7.22. The Morgan fingerprint density at radius 1 is 1.30 bits per heavy atom. The Bertz CT molecular complexity index is 488. The lowest BCUT2D eigenvalue weighted by molar-refractivity contribution is -0.151. The van der Waals surface area contributed by atoms with Crippen molar-refractivity contribution < 1.29 is 14.6 Å². The quantitative estimate of drug-likeness (QED) is 0.809. The van der Waals surface area contributed by atoms with E-state index in [4.69, 9.17) is 9.47 Å². The minimum absolute atomic E-state index is 0.189. The van der Waals surface area contributed by atoms with E-state index in [2.05, 4.69) is 31.3 Å². The van der Waals surface area contributed by atoms with Crippen molar-refractivity contribution in [2.75, 3.05) is 13.2 Å². The van der Waals surface area contributed by atoms with Crippen molar-refractivity contribution in [3.63, 3.8) is 0 Å². The van der Waals surface area contributed by atoms with Gasteiger partial charge in [0.25, 0.3) is 0 Å². The van der Waals surface area contributed by atoms with E-state index in [1.165, 1.54) is 5.56 Å². The summed E-state index contributed by atoms with van der Waals surface area (Å²) < 4.78 is 11.5. The summed E-state index contributed by atoms with van der Waals surface area (Å²) in [5.74, 6) is 0.894. The lowest BCUT2D eigenvalue weighted by atomic mass is 9.82. The normalized spacial score (nSPS) is 28.1. The second kappa shape index (κ2) is 7.65. The third-order valence-corrected chi connectivity index (χ3v) is 4.55. The van der Waals surface area contributed by atoms with E-state index in [0.29, 0.717) is 26.0 Å². The maximum absolute atomic E-state index is 10.8. The predicted octanol–water partition coefficient (Wildman–Crippen LogP) is 3.27. The fraction of sp³-hybridized carbons (Fsp3) is 0.684. The van der Waals surface area contributed by atoms with Gasteiger partial charge in [-0.1, -0.05) is 19.1 Å². The molecule has 1 fully saturated rings. The molecule has 0 saturated carbocycles. The minimum Gasteiger partial charge on any atom is -0.491 e. The van der Waals surface area contributed by atoms with Crippen molar-refractivity contribution in [2.45, 2.75) is 70.8 Å². The van der Waals surface area contributed by atoms with Crippen LogP contribution in [0.25, 0.3) is 0 Å². The van der Waals surface area contributed by atoms with Gasteiger partial charge >= 0.3 is 0 Å². The molecule has 0 radical (unpaired) electrons. The smallest absolute Gasteiger partial charge is 0.119 e. The molecular weight excluding hydrogens is 290 g/mol. The summed E-state index contributed by atoms with van der Waals surface area (Å²) in [6.45, 7) is 10.2. The average Bonchev–Trinajstić information content (AvgIpc) is 2.48. The molecule has 1 aliphatic rings. The standard InChI is InChI=1S/C19H31NO3/c1-5-18(4)13-19(21,10-11-22-18)14-20-12-16-6-8-17(9-7-16)23-15(2)3/h6-9,15,20-21H,5,10-14H2,1-4H3. The monoisotopic (exact) mass is 321 g/mol. The van der Waals surface area contributed by atoms with Crippen LogP contribution < -0.4 is 10.1 Å². The number of benzene rings is 1. The van der Waals surface area contributed by atoms with Crippen LogP contribution in [-0.4, -0.2) is 35.6 Å². The number of hydrogen-bond acceptors (Lipinski definition) is 4. The molecule has 1 aromatic carbocycles. The van der Waals surface area contributed by atoms with Gasteiger partial charge in [0.2, 0.25) is 0 Å². The summed E-state index contributed by atoms with van der Waals surface area (Å²) in [5.41, 5.74) is 0.309. The number of nitrogens with one attached hydrogen (secondary N) is 1. The molecule has 1 saturated heterocycles. The van der Waals surface area contributed by atoms with Crippen LogP contribution in [0.5, 0.6) is 5.75 Å². The summed E-state index contributed by atoms with van der Waals surface area (Å²) >= 11 is 0. The van der Waals surface area contributed by atoms with E-state index in [1.807, 2.05) is 26.0 Å². The number of aliphatic hydroxyl groups is 1. The van der Waals surface area contributed by atoms with Crippen LogP contribution in [0.4, 0.5) is 0 Å². The van der Waals surface area contributed by atoms with Crippen molar-refractivity contribution in [3.8, 4) is 5.75 Å². The van der Waals surface area contributed by atoms with Crippen molar-refractivity contribution in [1.82, 2.24) is 5.32 Å². The Labute approximate surface area is 140 Å². The summed E-state index contributed by atoms with van der Waals surface area (Å²) in [6, 6.07) is 8.12. The summed E-state index contributed by atoms with van der Waals surface area (Å²) in [7, 11) is 0. The molecular formula is C19H31NO3. The zero-order valence-electron chi connectivity index (χ0n) is 14.9. The van der Waals surface area contributed by atoms with Crippen molar-refractivity contribution in [3.05, 3.63) is 29.8 Å². The zero-order valence-corrected chi connectivity index (χ0v) is 14.9. The van der Waals surface area contributed by atoms with Gasteiger partial charge in [-0.25, -0.2) is 0 Å². The second-order valence-corrected chi connectivity index (χ2v) is 7.22. The summed E-state index contributed by atoms with van der Waals surface area (Å²) in [6.07, 6.45) is 2.49. The van der Waals surface area contributed by atoms with Crippen LogP contribution in [0.15, 0.2) is 24.3 Å². The van der Waals surface area contributed by atoms with Gasteiger partial charge in [0.15, 0.2) is 0 Å². The molecule has 0 bridgehead atoms. The zero-order chi connectivity index (χ0) is 16.9. The van der Waals surface area contributed by atoms with E-state index in [0.717, 1.165) is 18.7 Å². The van der Waals surface area contributed by atoms with E-state index in [1.54, 1.807) is 0 Å². The fourth-order valence-corrected chi connectivity index (χ4v) is 3.10. The van der Waals surface area contributed by atoms with Gasteiger partial charge in [-0.05, 0) is 44.9 Å². The third-order valence-electron chi connectivity index (χ3n) is 4.55. The molecule has 4 heteroatoms. The maximum Gasteiger partial charge on any atom is 0.119 e. The highest BCUT2D eigenvalue weighted by Gasteiger charge is 2.40. The van der Waals surface area contributed by atoms with Crippen molar-refractivity contribution in [1.29, 1.82) is 0 Å². The molecule has 0 aliphatic carbocycles. The van der Waals surface area contributed by atoms with Gasteiger partial charge in [0.05, 0.1) is 23.9 Å². The molecule has 4 nitrogen and oxygen atoms in total. The van der Waals surface area contributed by atoms with Crippen LogP contribution in [0.1, 0.15) is 52.5 Å². The van der Waals surface area contributed by atoms with E-state index >= 15 is 0 Å². The molecule has 1 aromatic rings. The van der Waals surface area contributed by atoms with E-state index in [-0.39, 0.29) is 11.7 Å². The van der Waals surface area contributed by atoms with Crippen LogP contribution in [0.3, 0.4) is 0 Å². The van der Waals surface area contributed by atoms with Gasteiger partial charge in [-0.3, -0.25) is 0 Å². The highest BCUT2D eigenvalue weighted by atomic mass is 16.5. The molecule has 2 unspecified atom stereocenters. The largest absolute Gasteiger partial charge is 0.491 e. The first-order chi connectivity index (χ1) is 10.8. The van der Waals surface area contributed by atoms with Gasteiger partial charge in [0, 0.05) is 25.9 Å². The molecule has 1 heterocycles. The van der Waals surface area contributed by atoms with Gasteiger partial charge < -0.3 is 19.9 Å². The highest BCUT2D eigenvalue weighted by Crippen LogP contribution is 2.34. The molecule has 0 amide bonds. The first-order valence-corrected chi connectivity index (χ1v) is 8.67. The first kappa shape index (κ1) is 18.2. The first-order valence-electron chi connectivity index (χ1n) is 8.67. The lowest BCUT2D eigenvalue weighted by Crippen LogP contribution is -2.52. The Hall–Kier alpha value is -1.10. The molecule has 2 rings (SSSR count). The SMILES string of the molecule is CCC1(C)CC(O)(CNCc2ccc(OC(C)C)cc2)CCO1. The Balaban J connectivity index is 1.82. The number of ether oxygens (including phenoxy) is 2. The molecule has 2 atom stereocenters. The number of hydrogen-bond donors (Lipinski definition) is 2. The van der Waals surface area contributed by atoms with E-state index in [9.17, 15) is 5.11 Å². The van der Waals surface area contributed by atoms with Gasteiger partial charge in [0.1, 0.15) is 5.75 Å². The Morgan fingerprint density at radius 2 is 2.00 bits per heavy atom. The summed E-state index contributed by atoms with van der Waals surface area (Å²) in [4.78, 5) is 0. The minimum atomic E-state index is -0.677. The lowest BCUT2D eigenvalue weighted by Gasteiger charge is -2.43. The van der Waals surface area contributed by atoms with Crippen molar-refractivity contribution >= 4 is 0 Å². The van der Waals surface area contributed by atoms with Crippen molar-refractivity contribution in [2.24, 2.45) is 0 Å². The average molecular weight is 321 g/mol. The Kier molecular flexibility index (Phi) is 6.06. The molecule has 2 N–H and O–H groups in total. The topological polar surface area (TPSA) is 50.7 Å². The van der Waals surface area contributed by atoms with E-state index < -0.39 is 5.60 Å². The van der Waals surface area contributed by atoms with Crippen LogP contribution >= 0.6 is 0 Å². The van der Waals surface area contributed by atoms with Gasteiger partial charge in [-0.2, -0.15) is 0 Å². The molecule has 23 heavy (non-hydrogen) atoms. The predicted molar refractivity (Wildman–Crippen MR) is 92.7 cm³/mol. The van der Waals surface area contributed by atoms with Crippen LogP contribution in [0, 0.1) is 0 Å². The fourth-order valence-electron chi connectivity index (χ4n) is 3.10. The van der Waals surface area contributed by atoms with Crippen LogP contribution in [0.2, 0.25) is 0 Å².